The summed E-state index contributed by atoms with van der Waals surface area (Å²) in [6.07, 6.45) is 2.48. The Morgan fingerprint density at radius 1 is 1.44 bits per heavy atom. The molecule has 94 valence electrons. The summed E-state index contributed by atoms with van der Waals surface area (Å²) in [6.45, 7) is 1.86. The minimum absolute atomic E-state index is 0.219. The van der Waals surface area contributed by atoms with Gasteiger partial charge in [0.15, 0.2) is 11.6 Å². The van der Waals surface area contributed by atoms with Crippen LogP contribution in [0, 0.1) is 6.92 Å². The van der Waals surface area contributed by atoms with Crippen LogP contribution in [0.5, 0.6) is 0 Å². The standard InChI is InChI=1S/C11H11BrClN5/c1-5-9(12)10(16-11(13)14-5)15-8-4-7(17-18-8)6-2-3-6/h4,6H,2-3H2,1H3,(H2,14,15,16,17,18). The van der Waals surface area contributed by atoms with Gasteiger partial charge in [-0.05, 0) is 47.3 Å². The van der Waals surface area contributed by atoms with Gasteiger partial charge in [-0.1, -0.05) is 0 Å². The van der Waals surface area contributed by atoms with Crippen LogP contribution >= 0.6 is 27.5 Å². The van der Waals surface area contributed by atoms with Gasteiger partial charge < -0.3 is 5.32 Å². The summed E-state index contributed by atoms with van der Waals surface area (Å²) in [6, 6.07) is 2.01. The second-order valence-corrected chi connectivity index (χ2v) is 5.48. The lowest BCUT2D eigenvalue weighted by Gasteiger charge is -2.06. The second kappa shape index (κ2) is 4.51. The van der Waals surface area contributed by atoms with Crippen LogP contribution in [0.25, 0.3) is 0 Å². The zero-order chi connectivity index (χ0) is 12.7. The average molecular weight is 329 g/mol. The number of nitrogens with zero attached hydrogens (tertiary/aromatic N) is 3. The van der Waals surface area contributed by atoms with Gasteiger partial charge in [-0.25, -0.2) is 4.98 Å². The third-order valence-electron chi connectivity index (χ3n) is 2.85. The minimum atomic E-state index is 0.219. The largest absolute Gasteiger partial charge is 0.322 e. The molecule has 3 rings (SSSR count). The molecule has 0 amide bonds. The SMILES string of the molecule is Cc1nc(Cl)nc(Nc2cc(C3CC3)[nH]n2)c1Br. The summed E-state index contributed by atoms with van der Waals surface area (Å²) < 4.78 is 0.794. The molecule has 0 atom stereocenters. The highest BCUT2D eigenvalue weighted by Gasteiger charge is 2.25. The molecule has 0 bridgehead atoms. The van der Waals surface area contributed by atoms with Crippen LogP contribution in [0.3, 0.4) is 0 Å². The van der Waals surface area contributed by atoms with Crippen molar-refractivity contribution in [3.05, 3.63) is 27.2 Å². The Hall–Kier alpha value is -1.14. The quantitative estimate of drug-likeness (QED) is 0.846. The molecule has 0 aromatic carbocycles. The van der Waals surface area contributed by atoms with Crippen LogP contribution in [-0.4, -0.2) is 20.2 Å². The summed E-state index contributed by atoms with van der Waals surface area (Å²) in [5, 5.41) is 10.6. The topological polar surface area (TPSA) is 66.5 Å². The van der Waals surface area contributed by atoms with Gasteiger partial charge in [-0.2, -0.15) is 10.1 Å². The Bertz CT molecular complexity index is 593. The highest BCUT2D eigenvalue weighted by molar-refractivity contribution is 9.10. The second-order valence-electron chi connectivity index (χ2n) is 4.35. The summed E-state index contributed by atoms with van der Waals surface area (Å²) in [5.41, 5.74) is 1.96. The molecule has 2 aromatic rings. The van der Waals surface area contributed by atoms with Crippen molar-refractivity contribution in [2.75, 3.05) is 5.32 Å². The van der Waals surface area contributed by atoms with E-state index in [1.807, 2.05) is 13.0 Å². The van der Waals surface area contributed by atoms with Gasteiger partial charge in [0, 0.05) is 17.7 Å². The van der Waals surface area contributed by atoms with Gasteiger partial charge in [0.05, 0.1) is 10.2 Å². The molecular formula is C11H11BrClN5. The molecule has 1 fully saturated rings. The fourth-order valence-corrected chi connectivity index (χ4v) is 2.22. The fourth-order valence-electron chi connectivity index (χ4n) is 1.73. The molecular weight excluding hydrogens is 318 g/mol. The van der Waals surface area contributed by atoms with Gasteiger partial charge in [0.1, 0.15) is 0 Å². The molecule has 18 heavy (non-hydrogen) atoms. The molecule has 2 aromatic heterocycles. The maximum absolute atomic E-state index is 5.84. The highest BCUT2D eigenvalue weighted by atomic mass is 79.9. The first-order valence-corrected chi connectivity index (χ1v) is 6.82. The van der Waals surface area contributed by atoms with Gasteiger partial charge in [-0.15, -0.1) is 0 Å². The lowest BCUT2D eigenvalue weighted by molar-refractivity contribution is 0.965. The number of H-pyrrole nitrogens is 1. The number of anilines is 2. The average Bonchev–Trinajstić information content (AvgIpc) is 3.07. The molecule has 0 radical (unpaired) electrons. The van der Waals surface area contributed by atoms with E-state index in [0.29, 0.717) is 11.7 Å². The van der Waals surface area contributed by atoms with Crippen LogP contribution in [0.2, 0.25) is 5.28 Å². The van der Waals surface area contributed by atoms with Crippen LogP contribution in [0.4, 0.5) is 11.6 Å². The van der Waals surface area contributed by atoms with Crippen LogP contribution in [0.1, 0.15) is 30.1 Å². The molecule has 1 saturated carbocycles. The highest BCUT2D eigenvalue weighted by Crippen LogP contribution is 2.39. The molecule has 2 N–H and O–H groups in total. The van der Waals surface area contributed by atoms with Crippen molar-refractivity contribution in [3.63, 3.8) is 0 Å². The van der Waals surface area contributed by atoms with E-state index in [9.17, 15) is 0 Å². The molecule has 5 nitrogen and oxygen atoms in total. The number of hydrogen-bond donors (Lipinski definition) is 2. The van der Waals surface area contributed by atoms with Crippen molar-refractivity contribution in [1.82, 2.24) is 20.2 Å². The Morgan fingerprint density at radius 2 is 2.22 bits per heavy atom. The first-order valence-electron chi connectivity index (χ1n) is 5.65. The van der Waals surface area contributed by atoms with Crippen molar-refractivity contribution in [2.45, 2.75) is 25.7 Å². The molecule has 0 saturated heterocycles. The summed E-state index contributed by atoms with van der Waals surface area (Å²) in [4.78, 5) is 8.20. The molecule has 0 spiro atoms. The van der Waals surface area contributed by atoms with Crippen molar-refractivity contribution in [3.8, 4) is 0 Å². The molecule has 1 aliphatic rings. The van der Waals surface area contributed by atoms with Crippen molar-refractivity contribution >= 4 is 39.2 Å². The van der Waals surface area contributed by atoms with Crippen molar-refractivity contribution < 1.29 is 0 Å². The van der Waals surface area contributed by atoms with E-state index in [0.717, 1.165) is 16.0 Å². The van der Waals surface area contributed by atoms with E-state index >= 15 is 0 Å². The Labute approximate surface area is 117 Å². The third kappa shape index (κ3) is 2.35. The maximum atomic E-state index is 5.84. The van der Waals surface area contributed by atoms with E-state index in [1.54, 1.807) is 0 Å². The Balaban J connectivity index is 1.86. The zero-order valence-electron chi connectivity index (χ0n) is 9.67. The first-order chi connectivity index (χ1) is 8.63. The fraction of sp³-hybridized carbons (Fsp3) is 0.364. The molecule has 0 aliphatic heterocycles. The summed E-state index contributed by atoms with van der Waals surface area (Å²) in [7, 11) is 0. The number of hydrogen-bond acceptors (Lipinski definition) is 4. The Morgan fingerprint density at radius 3 is 2.94 bits per heavy atom. The first kappa shape index (κ1) is 11.9. The number of rotatable bonds is 3. The van der Waals surface area contributed by atoms with E-state index < -0.39 is 0 Å². The van der Waals surface area contributed by atoms with Crippen LogP contribution in [-0.2, 0) is 0 Å². The lowest BCUT2D eigenvalue weighted by Crippen LogP contribution is -1.99. The van der Waals surface area contributed by atoms with Gasteiger partial charge >= 0.3 is 0 Å². The molecule has 7 heteroatoms. The van der Waals surface area contributed by atoms with E-state index in [1.165, 1.54) is 18.5 Å². The van der Waals surface area contributed by atoms with Gasteiger partial charge in [-0.3, -0.25) is 5.10 Å². The molecule has 0 unspecified atom stereocenters. The third-order valence-corrected chi connectivity index (χ3v) is 3.97. The number of aromatic nitrogens is 4. The Kier molecular flexibility index (Phi) is 2.99. The molecule has 2 heterocycles. The van der Waals surface area contributed by atoms with E-state index in [4.69, 9.17) is 11.6 Å². The zero-order valence-corrected chi connectivity index (χ0v) is 12.0. The number of aryl methyl sites for hydroxylation is 1. The van der Waals surface area contributed by atoms with Crippen LogP contribution < -0.4 is 5.32 Å². The van der Waals surface area contributed by atoms with E-state index in [2.05, 4.69) is 41.4 Å². The minimum Gasteiger partial charge on any atom is -0.322 e. The lowest BCUT2D eigenvalue weighted by atomic mass is 10.3. The van der Waals surface area contributed by atoms with E-state index in [-0.39, 0.29) is 5.28 Å². The normalized spacial score (nSPS) is 14.8. The van der Waals surface area contributed by atoms with Crippen molar-refractivity contribution in [1.29, 1.82) is 0 Å². The van der Waals surface area contributed by atoms with Gasteiger partial charge in [0.25, 0.3) is 0 Å². The molecule has 1 aliphatic carbocycles. The van der Waals surface area contributed by atoms with Crippen molar-refractivity contribution in [2.24, 2.45) is 0 Å². The summed E-state index contributed by atoms with van der Waals surface area (Å²) >= 11 is 9.28. The predicted molar refractivity (Wildman–Crippen MR) is 73.3 cm³/mol. The predicted octanol–water partition coefficient (Wildman–Crippen LogP) is 3.55. The number of halogens is 2. The maximum Gasteiger partial charge on any atom is 0.224 e. The summed E-state index contributed by atoms with van der Waals surface area (Å²) in [5.74, 6) is 2.01. The van der Waals surface area contributed by atoms with Gasteiger partial charge in [0.2, 0.25) is 5.28 Å². The smallest absolute Gasteiger partial charge is 0.224 e. The number of aromatic amines is 1. The number of nitrogens with one attached hydrogen (secondary N) is 2. The monoisotopic (exact) mass is 327 g/mol. The van der Waals surface area contributed by atoms with Crippen LogP contribution in [0.15, 0.2) is 10.5 Å².